The average molecular weight is 471 g/mol. The van der Waals surface area contributed by atoms with Gasteiger partial charge in [-0.05, 0) is 56.0 Å². The lowest BCUT2D eigenvalue weighted by molar-refractivity contribution is 0.131. The average Bonchev–Trinajstić information content (AvgIpc) is 3.22. The number of benzene rings is 2. The molecule has 1 saturated carbocycles. The van der Waals surface area contributed by atoms with Crippen LogP contribution in [0.5, 0.6) is 0 Å². The van der Waals surface area contributed by atoms with Crippen molar-refractivity contribution >= 4 is 21.4 Å². The number of nitrogens with one attached hydrogen (secondary N) is 1. The molecule has 4 rings (SSSR count). The quantitative estimate of drug-likeness (QED) is 0.532. The number of nitrogens with zero attached hydrogens (tertiary/aromatic N) is 1. The van der Waals surface area contributed by atoms with E-state index >= 15 is 0 Å². The van der Waals surface area contributed by atoms with E-state index in [9.17, 15) is 26.7 Å². The first-order valence-corrected chi connectivity index (χ1v) is 11.5. The topological polar surface area (TPSA) is 83.0 Å². The zero-order chi connectivity index (χ0) is 22.3. The zero-order valence-electron chi connectivity index (χ0n) is 16.1. The lowest BCUT2D eigenvalue weighted by Gasteiger charge is -2.25. The molecule has 0 aliphatic heterocycles. The van der Waals surface area contributed by atoms with Gasteiger partial charge >= 0.3 is 0 Å². The second kappa shape index (κ2) is 8.29. The molecule has 10 heteroatoms. The van der Waals surface area contributed by atoms with Crippen molar-refractivity contribution in [2.24, 2.45) is 0 Å². The fraction of sp³-hybridized carbons (Fsp3) is 0.286. The van der Waals surface area contributed by atoms with Gasteiger partial charge in [0.25, 0.3) is 0 Å². The molecule has 2 aromatic carbocycles. The van der Waals surface area contributed by atoms with Gasteiger partial charge in [-0.1, -0.05) is 11.6 Å². The molecule has 0 saturated heterocycles. The first-order chi connectivity index (χ1) is 14.7. The Morgan fingerprint density at radius 3 is 2.29 bits per heavy atom. The summed E-state index contributed by atoms with van der Waals surface area (Å²) in [5.41, 5.74) is 0.694. The summed E-state index contributed by atoms with van der Waals surface area (Å²) in [5.74, 6) is -3.97. The van der Waals surface area contributed by atoms with Gasteiger partial charge in [-0.25, -0.2) is 26.6 Å². The Labute approximate surface area is 181 Å². The number of imidazole rings is 1. The van der Waals surface area contributed by atoms with E-state index in [4.69, 9.17) is 11.6 Å². The molecule has 0 spiro atoms. The zero-order valence-corrected chi connectivity index (χ0v) is 17.7. The molecule has 0 radical (unpaired) electrons. The molecule has 0 atom stereocenters. The van der Waals surface area contributed by atoms with E-state index in [2.05, 4.69) is 9.97 Å². The second-order valence-corrected chi connectivity index (χ2v) is 10.1. The highest BCUT2D eigenvalue weighted by Crippen LogP contribution is 2.35. The minimum atomic E-state index is -3.73. The SMILES string of the molecule is O=S(=O)(c1cc(-c2ncc(-c3cc(F)c(F)c(F)c3)[nH]2)ccc1Cl)[C@H]1CC[C@@H](O)CC1. The predicted octanol–water partition coefficient (Wildman–Crippen LogP) is 4.89. The molecule has 0 unspecified atom stereocenters. The first kappa shape index (κ1) is 21.9. The molecule has 31 heavy (non-hydrogen) atoms. The molecule has 0 bridgehead atoms. The van der Waals surface area contributed by atoms with E-state index < -0.39 is 38.6 Å². The second-order valence-electron chi connectivity index (χ2n) is 7.52. The highest BCUT2D eigenvalue weighted by atomic mass is 35.5. The van der Waals surface area contributed by atoms with Crippen LogP contribution in [0.1, 0.15) is 25.7 Å². The van der Waals surface area contributed by atoms with Crippen molar-refractivity contribution in [2.45, 2.75) is 41.9 Å². The molecule has 2 N–H and O–H groups in total. The number of aromatic nitrogens is 2. The van der Waals surface area contributed by atoms with Gasteiger partial charge < -0.3 is 10.1 Å². The molecule has 1 aliphatic rings. The third kappa shape index (κ3) is 4.22. The molecule has 1 aliphatic carbocycles. The van der Waals surface area contributed by atoms with E-state index in [0.717, 1.165) is 12.1 Å². The molecule has 0 amide bonds. The van der Waals surface area contributed by atoms with Gasteiger partial charge in [-0.3, -0.25) is 0 Å². The lowest BCUT2D eigenvalue weighted by atomic mass is 9.97. The van der Waals surface area contributed by atoms with Gasteiger partial charge in [-0.15, -0.1) is 0 Å². The number of hydrogen-bond acceptors (Lipinski definition) is 4. The fourth-order valence-electron chi connectivity index (χ4n) is 3.73. The first-order valence-electron chi connectivity index (χ1n) is 9.58. The maximum Gasteiger partial charge on any atom is 0.194 e. The van der Waals surface area contributed by atoms with E-state index in [-0.39, 0.29) is 27.0 Å². The summed E-state index contributed by atoms with van der Waals surface area (Å²) in [7, 11) is -3.73. The highest BCUT2D eigenvalue weighted by molar-refractivity contribution is 7.92. The Morgan fingerprint density at radius 1 is 1.00 bits per heavy atom. The smallest absolute Gasteiger partial charge is 0.194 e. The predicted molar refractivity (Wildman–Crippen MR) is 110 cm³/mol. The van der Waals surface area contributed by atoms with E-state index in [0.29, 0.717) is 31.2 Å². The molecule has 3 aromatic rings. The minimum absolute atomic E-state index is 0.0372. The van der Waals surface area contributed by atoms with Gasteiger partial charge in [0.05, 0.1) is 33.2 Å². The number of aliphatic hydroxyl groups is 1. The summed E-state index contributed by atoms with van der Waals surface area (Å²) in [4.78, 5) is 6.98. The minimum Gasteiger partial charge on any atom is -0.393 e. The van der Waals surface area contributed by atoms with Crippen molar-refractivity contribution in [2.75, 3.05) is 0 Å². The largest absolute Gasteiger partial charge is 0.393 e. The van der Waals surface area contributed by atoms with Crippen molar-refractivity contribution in [3.63, 3.8) is 0 Å². The van der Waals surface area contributed by atoms with Crippen LogP contribution in [0.15, 0.2) is 41.4 Å². The van der Waals surface area contributed by atoms with Crippen LogP contribution in [0.4, 0.5) is 13.2 Å². The van der Waals surface area contributed by atoms with Crippen LogP contribution in [-0.4, -0.2) is 34.8 Å². The van der Waals surface area contributed by atoms with Crippen LogP contribution in [-0.2, 0) is 9.84 Å². The number of hydrogen-bond donors (Lipinski definition) is 2. The molecular weight excluding hydrogens is 453 g/mol. The van der Waals surface area contributed by atoms with Crippen LogP contribution in [0.25, 0.3) is 22.6 Å². The van der Waals surface area contributed by atoms with E-state index in [1.54, 1.807) is 6.07 Å². The third-order valence-electron chi connectivity index (χ3n) is 5.46. The third-order valence-corrected chi connectivity index (χ3v) is 8.21. The molecule has 164 valence electrons. The van der Waals surface area contributed by atoms with Crippen molar-refractivity contribution in [3.05, 3.63) is 59.0 Å². The standard InChI is InChI=1S/C21H18ClF3N2O3S/c22-15-6-1-11(9-19(15)31(29,30)14-4-2-13(28)3-5-14)21-26-10-18(27-21)12-7-16(23)20(25)17(24)8-12/h1,6-10,13-14,28H,2-5H2,(H,26,27)/t13-,14+. The summed E-state index contributed by atoms with van der Waals surface area (Å²) in [5, 5.41) is 9.09. The normalized spacial score (nSPS) is 19.5. The number of aliphatic hydroxyl groups excluding tert-OH is 1. The summed E-state index contributed by atoms with van der Waals surface area (Å²) in [6.07, 6.45) is 2.33. The van der Waals surface area contributed by atoms with Gasteiger partial charge in [0.15, 0.2) is 27.3 Å². The van der Waals surface area contributed by atoms with Gasteiger partial charge in [0, 0.05) is 11.1 Å². The summed E-state index contributed by atoms with van der Waals surface area (Å²) < 4.78 is 66.5. The number of sulfone groups is 1. The van der Waals surface area contributed by atoms with Crippen LogP contribution >= 0.6 is 11.6 Å². The maximum atomic E-state index is 13.5. The Kier molecular flexibility index (Phi) is 5.85. The Bertz CT molecular complexity index is 1220. The van der Waals surface area contributed by atoms with Gasteiger partial charge in [0.2, 0.25) is 0 Å². The summed E-state index contributed by atoms with van der Waals surface area (Å²) in [6.45, 7) is 0. The Morgan fingerprint density at radius 2 is 1.65 bits per heavy atom. The molecule has 1 aromatic heterocycles. The van der Waals surface area contributed by atoms with Crippen LogP contribution in [0.3, 0.4) is 0 Å². The van der Waals surface area contributed by atoms with Gasteiger partial charge in [-0.2, -0.15) is 0 Å². The highest BCUT2D eigenvalue weighted by Gasteiger charge is 2.33. The van der Waals surface area contributed by atoms with Crippen molar-refractivity contribution < 1.29 is 26.7 Å². The van der Waals surface area contributed by atoms with E-state index in [1.807, 2.05) is 0 Å². The number of aromatic amines is 1. The number of H-pyrrole nitrogens is 1. The van der Waals surface area contributed by atoms with Crippen LogP contribution < -0.4 is 0 Å². The van der Waals surface area contributed by atoms with Crippen molar-refractivity contribution in [3.8, 4) is 22.6 Å². The summed E-state index contributed by atoms with van der Waals surface area (Å²) >= 11 is 6.19. The monoisotopic (exact) mass is 470 g/mol. The van der Waals surface area contributed by atoms with Crippen molar-refractivity contribution in [1.29, 1.82) is 0 Å². The Hall–Kier alpha value is -2.36. The number of halogens is 4. The van der Waals surface area contributed by atoms with Crippen LogP contribution in [0.2, 0.25) is 5.02 Å². The summed E-state index contributed by atoms with van der Waals surface area (Å²) in [6, 6.07) is 6.09. The maximum absolute atomic E-state index is 13.5. The number of rotatable bonds is 4. The fourth-order valence-corrected chi connectivity index (χ4v) is 6.05. The van der Waals surface area contributed by atoms with Crippen molar-refractivity contribution in [1.82, 2.24) is 9.97 Å². The lowest BCUT2D eigenvalue weighted by Crippen LogP contribution is -2.29. The van der Waals surface area contributed by atoms with Gasteiger partial charge in [0.1, 0.15) is 5.82 Å². The molecule has 1 heterocycles. The molecular formula is C21H18ClF3N2O3S. The molecule has 1 fully saturated rings. The van der Waals surface area contributed by atoms with Crippen LogP contribution in [0, 0.1) is 17.5 Å². The van der Waals surface area contributed by atoms with E-state index in [1.165, 1.54) is 18.3 Å². The Balaban J connectivity index is 1.68. The molecule has 5 nitrogen and oxygen atoms in total.